The van der Waals surface area contributed by atoms with Gasteiger partial charge in [0.15, 0.2) is 0 Å². The number of hydrogen-bond acceptors (Lipinski definition) is 2. The van der Waals surface area contributed by atoms with E-state index < -0.39 is 0 Å². The molecule has 4 aromatic rings. The Morgan fingerprint density at radius 3 is 1.40 bits per heavy atom. The molecule has 2 unspecified atom stereocenters. The summed E-state index contributed by atoms with van der Waals surface area (Å²) in [6.45, 7) is 4.56. The summed E-state index contributed by atoms with van der Waals surface area (Å²) in [5, 5.41) is 3.71. The van der Waals surface area contributed by atoms with Crippen LogP contribution in [0.1, 0.15) is 47.9 Å². The number of benzene rings is 4. The number of nitrogens with one attached hydrogen (secondary N) is 1. The van der Waals surface area contributed by atoms with E-state index in [-0.39, 0.29) is 0 Å². The Labute approximate surface area is 183 Å². The molecular formula is C28H25NS. The average Bonchev–Trinajstić information content (AvgIpc) is 2.82. The van der Waals surface area contributed by atoms with Crippen LogP contribution in [0.2, 0.25) is 0 Å². The molecule has 0 fully saturated rings. The van der Waals surface area contributed by atoms with E-state index in [0.29, 0.717) is 11.8 Å². The third-order valence-corrected chi connectivity index (χ3v) is 7.25. The van der Waals surface area contributed by atoms with Gasteiger partial charge in [-0.2, -0.15) is 0 Å². The van der Waals surface area contributed by atoms with Gasteiger partial charge in [0.2, 0.25) is 0 Å². The monoisotopic (exact) mass is 407 g/mol. The van der Waals surface area contributed by atoms with Gasteiger partial charge in [0.25, 0.3) is 0 Å². The van der Waals surface area contributed by atoms with Crippen LogP contribution in [0.25, 0.3) is 0 Å². The summed E-state index contributed by atoms with van der Waals surface area (Å²) in [6.07, 6.45) is 0. The van der Waals surface area contributed by atoms with Crippen LogP contribution in [0, 0.1) is 0 Å². The van der Waals surface area contributed by atoms with Crippen molar-refractivity contribution >= 4 is 23.1 Å². The molecule has 1 aliphatic rings. The first kappa shape index (κ1) is 19.0. The lowest BCUT2D eigenvalue weighted by Crippen LogP contribution is -2.04. The van der Waals surface area contributed by atoms with Crippen LogP contribution in [-0.4, -0.2) is 0 Å². The van der Waals surface area contributed by atoms with Gasteiger partial charge >= 0.3 is 0 Å². The summed E-state index contributed by atoms with van der Waals surface area (Å²) >= 11 is 1.85. The standard InChI is InChI=1S/C28H25NS/c1-19(21-9-5-3-6-10-21)23-13-15-27-25(17-23)29-26-18-24(14-16-28(26)30-27)20(2)22-11-7-4-8-12-22/h3-20,29H,1-2H3. The topological polar surface area (TPSA) is 12.0 Å². The van der Waals surface area contributed by atoms with E-state index >= 15 is 0 Å². The molecule has 5 rings (SSSR count). The third-order valence-electron chi connectivity index (χ3n) is 6.10. The Balaban J connectivity index is 1.44. The fraction of sp³-hybridized carbons (Fsp3) is 0.143. The largest absolute Gasteiger partial charge is 0.354 e. The first-order chi connectivity index (χ1) is 14.7. The van der Waals surface area contributed by atoms with Crippen molar-refractivity contribution in [3.05, 3.63) is 119 Å². The summed E-state index contributed by atoms with van der Waals surface area (Å²) < 4.78 is 0. The smallest absolute Gasteiger partial charge is 0.0529 e. The van der Waals surface area contributed by atoms with E-state index in [1.807, 2.05) is 11.8 Å². The fourth-order valence-corrected chi connectivity index (χ4v) is 5.09. The summed E-state index contributed by atoms with van der Waals surface area (Å²) in [7, 11) is 0. The van der Waals surface area contributed by atoms with E-state index in [4.69, 9.17) is 0 Å². The van der Waals surface area contributed by atoms with Crippen molar-refractivity contribution in [2.45, 2.75) is 35.5 Å². The minimum Gasteiger partial charge on any atom is -0.354 e. The summed E-state index contributed by atoms with van der Waals surface area (Å²) in [6, 6.07) is 35.1. The highest BCUT2D eigenvalue weighted by Gasteiger charge is 2.19. The molecule has 1 heterocycles. The maximum atomic E-state index is 3.71. The van der Waals surface area contributed by atoms with E-state index in [0.717, 1.165) is 0 Å². The van der Waals surface area contributed by atoms with E-state index in [2.05, 4.69) is 116 Å². The molecule has 4 aromatic carbocycles. The molecule has 0 bridgehead atoms. The average molecular weight is 408 g/mol. The predicted molar refractivity (Wildman–Crippen MR) is 128 cm³/mol. The molecule has 0 radical (unpaired) electrons. The van der Waals surface area contributed by atoms with Crippen LogP contribution in [0.15, 0.2) is 107 Å². The lowest BCUT2D eigenvalue weighted by atomic mass is 9.92. The lowest BCUT2D eigenvalue weighted by Gasteiger charge is -2.24. The first-order valence-electron chi connectivity index (χ1n) is 10.5. The van der Waals surface area contributed by atoms with Crippen LogP contribution in [0.5, 0.6) is 0 Å². The molecule has 1 N–H and O–H groups in total. The van der Waals surface area contributed by atoms with Crippen molar-refractivity contribution in [1.82, 2.24) is 0 Å². The molecule has 0 saturated heterocycles. The zero-order valence-corrected chi connectivity index (χ0v) is 18.1. The number of anilines is 2. The second-order valence-corrected chi connectivity index (χ2v) is 9.09. The van der Waals surface area contributed by atoms with Gasteiger partial charge in [0.05, 0.1) is 11.4 Å². The molecule has 0 aromatic heterocycles. The highest BCUT2D eigenvalue weighted by molar-refractivity contribution is 7.99. The molecule has 30 heavy (non-hydrogen) atoms. The maximum Gasteiger partial charge on any atom is 0.0529 e. The van der Waals surface area contributed by atoms with Crippen molar-refractivity contribution in [3.63, 3.8) is 0 Å². The Morgan fingerprint density at radius 1 is 0.533 bits per heavy atom. The minimum atomic E-state index is 0.370. The molecule has 2 heteroatoms. The molecule has 0 saturated carbocycles. The Bertz CT molecular complexity index is 1070. The van der Waals surface area contributed by atoms with Crippen molar-refractivity contribution in [2.24, 2.45) is 0 Å². The van der Waals surface area contributed by atoms with Gasteiger partial charge in [-0.3, -0.25) is 0 Å². The zero-order valence-electron chi connectivity index (χ0n) is 17.3. The highest BCUT2D eigenvalue weighted by Crippen LogP contribution is 2.46. The SMILES string of the molecule is CC(c1ccccc1)c1ccc2c(c1)Nc1cc(C(C)c3ccccc3)ccc1S2. The van der Waals surface area contributed by atoms with Crippen molar-refractivity contribution in [3.8, 4) is 0 Å². The van der Waals surface area contributed by atoms with Crippen molar-refractivity contribution < 1.29 is 0 Å². The Morgan fingerprint density at radius 2 is 0.967 bits per heavy atom. The summed E-state index contributed by atoms with van der Waals surface area (Å²) in [4.78, 5) is 2.57. The molecule has 0 aliphatic carbocycles. The molecule has 148 valence electrons. The predicted octanol–water partition coefficient (Wildman–Crippen LogP) is 8.20. The number of hydrogen-bond donors (Lipinski definition) is 1. The molecule has 1 aliphatic heterocycles. The minimum absolute atomic E-state index is 0.370. The quantitative estimate of drug-likeness (QED) is 0.322. The molecule has 0 spiro atoms. The number of rotatable bonds is 4. The fourth-order valence-electron chi connectivity index (χ4n) is 4.14. The van der Waals surface area contributed by atoms with E-state index in [9.17, 15) is 0 Å². The Kier molecular flexibility index (Phi) is 5.10. The van der Waals surface area contributed by atoms with Crippen LogP contribution in [0.4, 0.5) is 11.4 Å². The van der Waals surface area contributed by atoms with Gasteiger partial charge in [-0.15, -0.1) is 0 Å². The normalized spacial score (nSPS) is 14.2. The second-order valence-electron chi connectivity index (χ2n) is 8.00. The van der Waals surface area contributed by atoms with E-state index in [1.54, 1.807) is 0 Å². The highest BCUT2D eigenvalue weighted by atomic mass is 32.2. The van der Waals surface area contributed by atoms with Gasteiger partial charge in [-0.05, 0) is 46.5 Å². The summed E-state index contributed by atoms with van der Waals surface area (Å²) in [5.74, 6) is 0.739. The molecular weight excluding hydrogens is 382 g/mol. The molecule has 0 amide bonds. The van der Waals surface area contributed by atoms with Crippen LogP contribution >= 0.6 is 11.8 Å². The zero-order chi connectivity index (χ0) is 20.5. The summed E-state index contributed by atoms with van der Waals surface area (Å²) in [5.41, 5.74) is 7.78. The van der Waals surface area contributed by atoms with Crippen LogP contribution in [-0.2, 0) is 0 Å². The molecule has 2 atom stereocenters. The van der Waals surface area contributed by atoms with Crippen LogP contribution in [0.3, 0.4) is 0 Å². The maximum absolute atomic E-state index is 3.71. The number of fused-ring (bicyclic) bond motifs is 2. The van der Waals surface area contributed by atoms with Gasteiger partial charge in [0.1, 0.15) is 0 Å². The van der Waals surface area contributed by atoms with Gasteiger partial charge in [-0.1, -0.05) is 98.4 Å². The van der Waals surface area contributed by atoms with Gasteiger partial charge < -0.3 is 5.32 Å². The van der Waals surface area contributed by atoms with Crippen molar-refractivity contribution in [2.75, 3.05) is 5.32 Å². The molecule has 1 nitrogen and oxygen atoms in total. The van der Waals surface area contributed by atoms with Gasteiger partial charge in [-0.25, -0.2) is 0 Å². The Hall–Kier alpha value is -2.97. The third kappa shape index (κ3) is 3.64. The van der Waals surface area contributed by atoms with Crippen molar-refractivity contribution in [1.29, 1.82) is 0 Å². The van der Waals surface area contributed by atoms with Crippen LogP contribution < -0.4 is 5.32 Å². The first-order valence-corrected chi connectivity index (χ1v) is 11.3. The lowest BCUT2D eigenvalue weighted by molar-refractivity contribution is 0.917. The van der Waals surface area contributed by atoms with Gasteiger partial charge in [0, 0.05) is 21.6 Å². The second kappa shape index (κ2) is 8.04. The van der Waals surface area contributed by atoms with E-state index in [1.165, 1.54) is 43.4 Å².